The lowest BCUT2D eigenvalue weighted by atomic mass is 9.95. The zero-order valence-electron chi connectivity index (χ0n) is 20.9. The topological polar surface area (TPSA) is 160 Å². The van der Waals surface area contributed by atoms with Gasteiger partial charge in [0.15, 0.2) is 29.2 Å². The van der Waals surface area contributed by atoms with E-state index in [0.717, 1.165) is 0 Å². The SMILES string of the molecule is CCOc1cc([C@@H]2NC(=O)NC(C)=C2C(=O)OC)ccc1OC[C@H](O)N/N=C/c1cccc(OC)c1O. The highest BCUT2D eigenvalue weighted by Gasteiger charge is 2.32. The Hall–Kier alpha value is -4.45. The van der Waals surface area contributed by atoms with Crippen molar-refractivity contribution in [3.05, 3.63) is 58.8 Å². The molecule has 2 atom stereocenters. The van der Waals surface area contributed by atoms with Crippen molar-refractivity contribution in [2.45, 2.75) is 26.1 Å². The number of hydrogen-bond acceptors (Lipinski definition) is 10. The second kappa shape index (κ2) is 12.5. The van der Waals surface area contributed by atoms with E-state index in [-0.39, 0.29) is 17.9 Å². The number of rotatable bonds is 11. The first-order valence-electron chi connectivity index (χ1n) is 11.4. The number of esters is 1. The summed E-state index contributed by atoms with van der Waals surface area (Å²) in [7, 11) is 2.71. The van der Waals surface area contributed by atoms with Gasteiger partial charge in [0.2, 0.25) is 0 Å². The minimum Gasteiger partial charge on any atom is -0.504 e. The van der Waals surface area contributed by atoms with E-state index in [9.17, 15) is 19.8 Å². The molecular weight excluding hydrogens is 484 g/mol. The predicted octanol–water partition coefficient (Wildman–Crippen LogP) is 1.92. The number of ether oxygens (including phenoxy) is 4. The van der Waals surface area contributed by atoms with Crippen molar-refractivity contribution in [3.63, 3.8) is 0 Å². The number of carbonyl (C=O) groups excluding carboxylic acids is 2. The van der Waals surface area contributed by atoms with Crippen LogP contribution in [0.4, 0.5) is 4.79 Å². The number of aromatic hydroxyl groups is 1. The van der Waals surface area contributed by atoms with Gasteiger partial charge in [0.25, 0.3) is 0 Å². The third-order valence-corrected chi connectivity index (χ3v) is 5.35. The van der Waals surface area contributed by atoms with Crippen LogP contribution < -0.4 is 30.3 Å². The molecule has 3 rings (SSSR count). The summed E-state index contributed by atoms with van der Waals surface area (Å²) < 4.78 is 21.3. The molecule has 37 heavy (non-hydrogen) atoms. The number of benzene rings is 2. The molecule has 0 bridgehead atoms. The Balaban J connectivity index is 1.71. The van der Waals surface area contributed by atoms with Crippen LogP contribution in [-0.2, 0) is 9.53 Å². The van der Waals surface area contributed by atoms with Crippen molar-refractivity contribution in [2.75, 3.05) is 27.4 Å². The number of hydrazone groups is 1. The lowest BCUT2D eigenvalue weighted by Gasteiger charge is -2.28. The van der Waals surface area contributed by atoms with Crippen LogP contribution in [0.2, 0.25) is 0 Å². The molecule has 12 nitrogen and oxygen atoms in total. The molecule has 0 fully saturated rings. The van der Waals surface area contributed by atoms with E-state index in [1.807, 2.05) is 0 Å². The van der Waals surface area contributed by atoms with E-state index in [1.165, 1.54) is 20.4 Å². The van der Waals surface area contributed by atoms with Gasteiger partial charge in [-0.1, -0.05) is 12.1 Å². The fourth-order valence-corrected chi connectivity index (χ4v) is 3.62. The summed E-state index contributed by atoms with van der Waals surface area (Å²) in [5.74, 6) is 0.333. The van der Waals surface area contributed by atoms with Crippen molar-refractivity contribution in [3.8, 4) is 23.0 Å². The Labute approximate surface area is 213 Å². The van der Waals surface area contributed by atoms with Gasteiger partial charge in [-0.3, -0.25) is 5.43 Å². The molecule has 0 spiro atoms. The summed E-state index contributed by atoms with van der Waals surface area (Å²) in [6.45, 7) is 3.56. The summed E-state index contributed by atoms with van der Waals surface area (Å²) in [6, 6.07) is 8.66. The molecule has 1 heterocycles. The Kier molecular flexibility index (Phi) is 9.16. The number of hydrogen-bond donors (Lipinski definition) is 5. The molecule has 12 heteroatoms. The molecule has 198 valence electrons. The van der Waals surface area contributed by atoms with Crippen LogP contribution in [0.5, 0.6) is 23.0 Å². The van der Waals surface area contributed by atoms with Crippen LogP contribution in [0.25, 0.3) is 0 Å². The highest BCUT2D eigenvalue weighted by atomic mass is 16.5. The summed E-state index contributed by atoms with van der Waals surface area (Å²) in [6.07, 6.45) is 0.154. The Morgan fingerprint density at radius 3 is 2.68 bits per heavy atom. The fourth-order valence-electron chi connectivity index (χ4n) is 3.62. The van der Waals surface area contributed by atoms with Gasteiger partial charge in [0.1, 0.15) is 6.61 Å². The molecule has 0 unspecified atom stereocenters. The number of methoxy groups -OCH3 is 2. The lowest BCUT2D eigenvalue weighted by Crippen LogP contribution is -2.45. The molecule has 5 N–H and O–H groups in total. The maximum atomic E-state index is 12.4. The number of phenolic OH excluding ortho intramolecular Hbond substituents is 1. The first kappa shape index (κ1) is 27.1. The zero-order chi connectivity index (χ0) is 26.9. The number of phenols is 1. The molecule has 1 aliphatic heterocycles. The monoisotopic (exact) mass is 514 g/mol. The summed E-state index contributed by atoms with van der Waals surface area (Å²) >= 11 is 0. The van der Waals surface area contributed by atoms with Gasteiger partial charge in [0.05, 0.1) is 38.7 Å². The minimum atomic E-state index is -1.18. The largest absolute Gasteiger partial charge is 0.504 e. The van der Waals surface area contributed by atoms with Gasteiger partial charge in [-0.25, -0.2) is 9.59 Å². The Morgan fingerprint density at radius 2 is 1.97 bits per heavy atom. The zero-order valence-corrected chi connectivity index (χ0v) is 20.9. The highest BCUT2D eigenvalue weighted by Crippen LogP contribution is 2.35. The van der Waals surface area contributed by atoms with Gasteiger partial charge in [-0.05, 0) is 43.7 Å². The number of urea groups is 1. The van der Waals surface area contributed by atoms with Crippen molar-refractivity contribution in [1.82, 2.24) is 16.1 Å². The van der Waals surface area contributed by atoms with Crippen molar-refractivity contribution < 1.29 is 38.7 Å². The number of nitrogens with zero attached hydrogens (tertiary/aromatic N) is 1. The van der Waals surface area contributed by atoms with Gasteiger partial charge >= 0.3 is 12.0 Å². The number of nitrogens with one attached hydrogen (secondary N) is 3. The molecule has 1 aliphatic rings. The molecule has 0 radical (unpaired) electrons. The van der Waals surface area contributed by atoms with Gasteiger partial charge in [0, 0.05) is 11.3 Å². The van der Waals surface area contributed by atoms with Crippen LogP contribution in [0.15, 0.2) is 52.8 Å². The number of carbonyl (C=O) groups is 2. The third kappa shape index (κ3) is 6.61. The number of amides is 2. The number of allylic oxidation sites excluding steroid dienone is 1. The standard InChI is InChI=1S/C25H30N4O8/c1-5-36-19-11-15(22-21(24(32)35-4)14(2)27-25(33)28-22)9-10-17(19)37-13-20(30)29-26-12-16-7-6-8-18(34-3)23(16)31/h6-12,20,22,29-31H,5,13H2,1-4H3,(H2,27,28,33)/b26-12+/t20-,22-/m0/s1. The van der Waals surface area contributed by atoms with Crippen LogP contribution in [-0.4, -0.2) is 62.1 Å². The van der Waals surface area contributed by atoms with Crippen molar-refractivity contribution in [2.24, 2.45) is 5.10 Å². The lowest BCUT2D eigenvalue weighted by molar-refractivity contribution is -0.136. The summed E-state index contributed by atoms with van der Waals surface area (Å²) in [5.41, 5.74) is 4.13. The van der Waals surface area contributed by atoms with E-state index in [1.54, 1.807) is 50.2 Å². The van der Waals surface area contributed by atoms with E-state index < -0.39 is 24.3 Å². The third-order valence-electron chi connectivity index (χ3n) is 5.35. The first-order chi connectivity index (χ1) is 17.8. The minimum absolute atomic E-state index is 0.0759. The maximum absolute atomic E-state index is 12.4. The van der Waals surface area contributed by atoms with E-state index in [2.05, 4.69) is 21.2 Å². The van der Waals surface area contributed by atoms with E-state index in [4.69, 9.17) is 18.9 Å². The van der Waals surface area contributed by atoms with Crippen molar-refractivity contribution in [1.29, 1.82) is 0 Å². The van der Waals surface area contributed by atoms with Crippen LogP contribution in [0.3, 0.4) is 0 Å². The Bertz CT molecular complexity index is 1200. The predicted molar refractivity (Wildman–Crippen MR) is 134 cm³/mol. The summed E-state index contributed by atoms with van der Waals surface area (Å²) in [5, 5.41) is 29.5. The smallest absolute Gasteiger partial charge is 0.337 e. The first-order valence-corrected chi connectivity index (χ1v) is 11.4. The molecule has 0 aliphatic carbocycles. The number of aliphatic hydroxyl groups excluding tert-OH is 1. The maximum Gasteiger partial charge on any atom is 0.337 e. The van der Waals surface area contributed by atoms with Crippen LogP contribution >= 0.6 is 0 Å². The van der Waals surface area contributed by atoms with Crippen molar-refractivity contribution >= 4 is 18.2 Å². The fraction of sp³-hybridized carbons (Fsp3) is 0.320. The Morgan fingerprint density at radius 1 is 1.19 bits per heavy atom. The average molecular weight is 515 g/mol. The molecule has 0 saturated heterocycles. The number of aliphatic hydroxyl groups is 1. The molecule has 0 saturated carbocycles. The molecule has 0 aromatic heterocycles. The molecular formula is C25H30N4O8. The van der Waals surface area contributed by atoms with E-state index >= 15 is 0 Å². The second-order valence-electron chi connectivity index (χ2n) is 7.81. The average Bonchev–Trinajstić information content (AvgIpc) is 2.88. The quantitative estimate of drug-likeness (QED) is 0.131. The molecule has 2 amide bonds. The van der Waals surface area contributed by atoms with E-state index in [0.29, 0.717) is 40.7 Å². The summed E-state index contributed by atoms with van der Waals surface area (Å²) in [4.78, 5) is 24.4. The highest BCUT2D eigenvalue weighted by molar-refractivity contribution is 5.95. The molecule has 2 aromatic carbocycles. The van der Waals surface area contributed by atoms with Crippen LogP contribution in [0.1, 0.15) is 31.0 Å². The van der Waals surface area contributed by atoms with Gasteiger partial charge in [-0.2, -0.15) is 5.10 Å². The van der Waals surface area contributed by atoms with Gasteiger partial charge < -0.3 is 39.8 Å². The normalized spacial score (nSPS) is 16.0. The number of para-hydroxylation sites is 1. The molecule has 2 aromatic rings. The second-order valence-corrected chi connectivity index (χ2v) is 7.81. The van der Waals surface area contributed by atoms with Gasteiger partial charge in [-0.15, -0.1) is 0 Å². The van der Waals surface area contributed by atoms with Crippen LogP contribution in [0, 0.1) is 0 Å².